The first-order chi connectivity index (χ1) is 13.9. The second-order valence-electron chi connectivity index (χ2n) is 7.09. The largest absolute Gasteiger partial charge is 0.236 e. The zero-order chi connectivity index (χ0) is 18.5. The van der Waals surface area contributed by atoms with Crippen LogP contribution in [0.5, 0.6) is 0 Å². The van der Waals surface area contributed by atoms with Crippen LogP contribution in [0.4, 0.5) is 0 Å². The topological polar surface area (TPSA) is 25.8 Å². The van der Waals surface area contributed by atoms with E-state index in [1.54, 1.807) is 6.33 Å². The molecule has 0 aliphatic heterocycles. The highest BCUT2D eigenvalue weighted by atomic mass is 14.8. The van der Waals surface area contributed by atoms with Crippen LogP contribution in [-0.4, -0.2) is 9.97 Å². The molecule has 0 N–H and O–H groups in total. The van der Waals surface area contributed by atoms with Gasteiger partial charge in [-0.15, -0.1) is 0 Å². The fourth-order valence-corrected chi connectivity index (χ4v) is 4.29. The predicted octanol–water partition coefficient (Wildman–Crippen LogP) is 6.71. The highest BCUT2D eigenvalue weighted by Gasteiger charge is 2.16. The molecular weight excluding hydrogens is 340 g/mol. The molecule has 2 nitrogen and oxygen atoms in total. The summed E-state index contributed by atoms with van der Waals surface area (Å²) in [5.41, 5.74) is 6.91. The van der Waals surface area contributed by atoms with Gasteiger partial charge in [-0.05, 0) is 51.2 Å². The van der Waals surface area contributed by atoms with Crippen LogP contribution in [0.3, 0.4) is 0 Å². The molecule has 2 heteroatoms. The number of nitrogens with zero attached hydrogens (tertiary/aromatic N) is 2. The highest BCUT2D eigenvalue weighted by Crippen LogP contribution is 2.42. The molecule has 6 aromatic rings. The molecule has 0 unspecified atom stereocenters. The van der Waals surface area contributed by atoms with Crippen molar-refractivity contribution in [2.24, 2.45) is 0 Å². The normalized spacial score (nSPS) is 11.6. The Hall–Kier alpha value is -3.78. The number of hydrogen-bond donors (Lipinski definition) is 0. The van der Waals surface area contributed by atoms with E-state index >= 15 is 0 Å². The third-order valence-corrected chi connectivity index (χ3v) is 5.55. The van der Waals surface area contributed by atoms with Crippen molar-refractivity contribution in [2.75, 3.05) is 0 Å². The zero-order valence-corrected chi connectivity index (χ0v) is 15.1. The first kappa shape index (κ1) is 15.3. The van der Waals surface area contributed by atoms with Crippen LogP contribution in [0, 0.1) is 0 Å². The van der Waals surface area contributed by atoms with E-state index in [4.69, 9.17) is 0 Å². The Morgan fingerprint density at radius 3 is 1.46 bits per heavy atom. The molecule has 0 saturated carbocycles. The van der Waals surface area contributed by atoms with Gasteiger partial charge in [0.2, 0.25) is 0 Å². The fourth-order valence-electron chi connectivity index (χ4n) is 4.29. The van der Waals surface area contributed by atoms with Gasteiger partial charge in [-0.1, -0.05) is 72.8 Å². The van der Waals surface area contributed by atoms with Gasteiger partial charge in [0.25, 0.3) is 0 Å². The zero-order valence-electron chi connectivity index (χ0n) is 15.1. The maximum atomic E-state index is 4.53. The van der Waals surface area contributed by atoms with Crippen molar-refractivity contribution in [3.8, 4) is 22.3 Å². The lowest BCUT2D eigenvalue weighted by Gasteiger charge is -2.17. The van der Waals surface area contributed by atoms with Crippen molar-refractivity contribution in [2.45, 2.75) is 0 Å². The third kappa shape index (κ3) is 2.15. The van der Waals surface area contributed by atoms with Crippen molar-refractivity contribution in [3.63, 3.8) is 0 Å². The van der Waals surface area contributed by atoms with Gasteiger partial charge in [-0.25, -0.2) is 9.97 Å². The molecule has 1 heterocycles. The van der Waals surface area contributed by atoms with Crippen molar-refractivity contribution in [3.05, 3.63) is 97.3 Å². The van der Waals surface area contributed by atoms with Crippen LogP contribution in [0.15, 0.2) is 97.3 Å². The first-order valence-corrected chi connectivity index (χ1v) is 9.43. The van der Waals surface area contributed by atoms with Gasteiger partial charge in [0.05, 0.1) is 11.0 Å². The Balaban J connectivity index is 1.86. The second kappa shape index (κ2) is 5.86. The summed E-state index contributed by atoms with van der Waals surface area (Å²) in [6.07, 6.45) is 1.65. The van der Waals surface area contributed by atoms with Gasteiger partial charge in [0.1, 0.15) is 6.33 Å². The van der Waals surface area contributed by atoms with Crippen LogP contribution in [0.25, 0.3) is 54.8 Å². The minimum atomic E-state index is 0.993. The molecule has 0 amide bonds. The van der Waals surface area contributed by atoms with Crippen molar-refractivity contribution < 1.29 is 0 Å². The minimum absolute atomic E-state index is 0.993. The van der Waals surface area contributed by atoms with Crippen LogP contribution >= 0.6 is 0 Å². The lowest BCUT2D eigenvalue weighted by atomic mass is 9.87. The molecule has 0 atom stereocenters. The lowest BCUT2D eigenvalue weighted by Crippen LogP contribution is -1.93. The van der Waals surface area contributed by atoms with Crippen molar-refractivity contribution in [1.82, 2.24) is 9.97 Å². The molecule has 130 valence electrons. The van der Waals surface area contributed by atoms with Gasteiger partial charge < -0.3 is 0 Å². The quantitative estimate of drug-likeness (QED) is 0.322. The van der Waals surface area contributed by atoms with Gasteiger partial charge in [-0.3, -0.25) is 0 Å². The summed E-state index contributed by atoms with van der Waals surface area (Å²) in [7, 11) is 0. The lowest BCUT2D eigenvalue weighted by molar-refractivity contribution is 1.26. The summed E-state index contributed by atoms with van der Waals surface area (Å²) in [4.78, 5) is 9.05. The molecule has 0 aliphatic carbocycles. The molecule has 0 saturated heterocycles. The molecule has 0 aliphatic rings. The SMILES string of the molecule is c1ccc(-c2cc(-c3ccccc3)c3ccc4ncnc5ccc2c3c54)cc1. The monoisotopic (exact) mass is 356 g/mol. The molecule has 28 heavy (non-hydrogen) atoms. The Morgan fingerprint density at radius 1 is 0.464 bits per heavy atom. The summed E-state index contributed by atoms with van der Waals surface area (Å²) >= 11 is 0. The van der Waals surface area contributed by atoms with Crippen molar-refractivity contribution in [1.29, 1.82) is 0 Å². The summed E-state index contributed by atoms with van der Waals surface area (Å²) in [5, 5.41) is 4.88. The smallest absolute Gasteiger partial charge is 0.116 e. The number of hydrogen-bond acceptors (Lipinski definition) is 2. The summed E-state index contributed by atoms with van der Waals surface area (Å²) in [6, 6.07) is 32.2. The number of rotatable bonds is 2. The summed E-state index contributed by atoms with van der Waals surface area (Å²) in [5.74, 6) is 0. The van der Waals surface area contributed by atoms with Crippen LogP contribution < -0.4 is 0 Å². The van der Waals surface area contributed by atoms with Crippen molar-refractivity contribution >= 4 is 32.6 Å². The van der Waals surface area contributed by atoms with Crippen LogP contribution in [0.2, 0.25) is 0 Å². The summed E-state index contributed by atoms with van der Waals surface area (Å²) in [6.45, 7) is 0. The van der Waals surface area contributed by atoms with Gasteiger partial charge in [0, 0.05) is 10.8 Å². The Bertz CT molecular complexity index is 1330. The molecular formula is C26H16N2. The Kier molecular flexibility index (Phi) is 3.20. The maximum absolute atomic E-state index is 4.53. The standard InChI is InChI=1S/C26H16N2/c1-3-7-17(8-4-1)21-15-22(18-9-5-2-6-10-18)20-12-14-24-26-23(27-16-28-24)13-11-19(21)25(20)26/h1-16H. The number of aromatic nitrogens is 2. The molecule has 1 aromatic heterocycles. The maximum Gasteiger partial charge on any atom is 0.116 e. The molecule has 0 bridgehead atoms. The van der Waals surface area contributed by atoms with Gasteiger partial charge in [0.15, 0.2) is 0 Å². The van der Waals surface area contributed by atoms with E-state index in [0.717, 1.165) is 16.4 Å². The van der Waals surface area contributed by atoms with E-state index in [0.29, 0.717) is 0 Å². The van der Waals surface area contributed by atoms with Gasteiger partial charge >= 0.3 is 0 Å². The Labute approximate surface area is 162 Å². The van der Waals surface area contributed by atoms with E-state index in [9.17, 15) is 0 Å². The van der Waals surface area contributed by atoms with E-state index in [1.807, 2.05) is 0 Å². The minimum Gasteiger partial charge on any atom is -0.236 e. The molecule has 5 aromatic carbocycles. The molecule has 0 radical (unpaired) electrons. The van der Waals surface area contributed by atoms with E-state index in [-0.39, 0.29) is 0 Å². The van der Waals surface area contributed by atoms with E-state index in [1.165, 1.54) is 38.4 Å². The average molecular weight is 356 g/mol. The summed E-state index contributed by atoms with van der Waals surface area (Å²) < 4.78 is 0. The molecule has 0 fully saturated rings. The molecule has 0 spiro atoms. The Morgan fingerprint density at radius 2 is 0.964 bits per heavy atom. The van der Waals surface area contributed by atoms with E-state index < -0.39 is 0 Å². The number of benzene rings is 5. The van der Waals surface area contributed by atoms with Crippen LogP contribution in [0.1, 0.15) is 0 Å². The fraction of sp³-hybridized carbons (Fsp3) is 0. The molecule has 6 rings (SSSR count). The highest BCUT2D eigenvalue weighted by molar-refractivity contribution is 6.26. The van der Waals surface area contributed by atoms with Gasteiger partial charge in [-0.2, -0.15) is 0 Å². The first-order valence-electron chi connectivity index (χ1n) is 9.43. The van der Waals surface area contributed by atoms with E-state index in [2.05, 4.69) is 101 Å². The average Bonchev–Trinajstić information content (AvgIpc) is 2.78. The predicted molar refractivity (Wildman–Crippen MR) is 117 cm³/mol. The van der Waals surface area contributed by atoms with Crippen LogP contribution in [-0.2, 0) is 0 Å². The second-order valence-corrected chi connectivity index (χ2v) is 7.09. The third-order valence-electron chi connectivity index (χ3n) is 5.55.